The first-order valence-corrected chi connectivity index (χ1v) is 9.26. The van der Waals surface area contributed by atoms with Gasteiger partial charge in [-0.05, 0) is 59.8 Å². The third-order valence-corrected chi connectivity index (χ3v) is 4.96. The van der Waals surface area contributed by atoms with E-state index in [9.17, 15) is 14.4 Å². The summed E-state index contributed by atoms with van der Waals surface area (Å²) in [6, 6.07) is 13.0. The van der Waals surface area contributed by atoms with E-state index in [0.29, 0.717) is 21.5 Å². The number of carboxylic acids is 1. The van der Waals surface area contributed by atoms with E-state index in [-0.39, 0.29) is 18.1 Å². The Morgan fingerprint density at radius 3 is 2.41 bits per heavy atom. The number of thioether (sulfide) groups is 1. The first-order chi connectivity index (χ1) is 13.8. The van der Waals surface area contributed by atoms with Crippen LogP contribution in [0.25, 0.3) is 6.08 Å². The average Bonchev–Trinajstić information content (AvgIpc) is 2.95. The van der Waals surface area contributed by atoms with Crippen molar-refractivity contribution in [2.45, 2.75) is 0 Å². The predicted molar refractivity (Wildman–Crippen MR) is 110 cm³/mol. The molecule has 0 aromatic heterocycles. The number of likely N-dealkylation sites (N-methyl/N-ethyl adjacent to an activating group) is 1. The molecule has 2 aromatic carbocycles. The Balaban J connectivity index is 1.75. The summed E-state index contributed by atoms with van der Waals surface area (Å²) in [6.07, 6.45) is 1.73. The number of amides is 2. The van der Waals surface area contributed by atoms with E-state index in [1.165, 1.54) is 28.8 Å². The van der Waals surface area contributed by atoms with Crippen LogP contribution >= 0.6 is 11.8 Å². The normalized spacial score (nSPS) is 16.4. The van der Waals surface area contributed by atoms with E-state index < -0.39 is 11.9 Å². The highest BCUT2D eigenvalue weighted by Gasteiger charge is 2.30. The van der Waals surface area contributed by atoms with Gasteiger partial charge in [-0.1, -0.05) is 12.1 Å². The molecule has 1 saturated heterocycles. The number of carbonyl (C=O) groups excluding carboxylic acids is 2. The van der Waals surface area contributed by atoms with Crippen molar-refractivity contribution in [2.75, 3.05) is 13.7 Å². The molecule has 3 N–H and O–H groups in total. The number of nitrogens with two attached hydrogens (primary N) is 1. The molecule has 29 heavy (non-hydrogen) atoms. The van der Waals surface area contributed by atoms with Crippen LogP contribution in [-0.2, 0) is 9.59 Å². The summed E-state index contributed by atoms with van der Waals surface area (Å²) in [4.78, 5) is 40.5. The number of primary amides is 1. The molecule has 2 aromatic rings. The minimum atomic E-state index is -1.01. The molecular weight excluding hydrogens is 394 g/mol. The predicted octanol–water partition coefficient (Wildman–Crippen LogP) is 2.48. The number of carbonyl (C=O) groups is 3. The number of rotatable bonds is 6. The van der Waals surface area contributed by atoms with Crippen LogP contribution in [0.5, 0.6) is 5.75 Å². The van der Waals surface area contributed by atoms with Crippen molar-refractivity contribution in [3.63, 3.8) is 0 Å². The molecule has 0 unspecified atom stereocenters. The zero-order valence-corrected chi connectivity index (χ0v) is 16.2. The lowest BCUT2D eigenvalue weighted by atomic mass is 10.2. The van der Waals surface area contributed by atoms with Crippen molar-refractivity contribution in [3.05, 3.63) is 64.6 Å². The summed E-state index contributed by atoms with van der Waals surface area (Å²) < 4.78 is 5.21. The fourth-order valence-electron chi connectivity index (χ4n) is 2.41. The third kappa shape index (κ3) is 5.02. The van der Waals surface area contributed by atoms with Crippen LogP contribution in [-0.4, -0.2) is 46.6 Å². The fourth-order valence-corrected chi connectivity index (χ4v) is 3.39. The highest BCUT2D eigenvalue weighted by Crippen LogP contribution is 2.33. The second-order valence-electron chi connectivity index (χ2n) is 6.05. The van der Waals surface area contributed by atoms with Gasteiger partial charge < -0.3 is 15.6 Å². The van der Waals surface area contributed by atoms with Crippen molar-refractivity contribution in [2.24, 2.45) is 10.7 Å². The minimum Gasteiger partial charge on any atom is -0.484 e. The molecule has 1 aliphatic rings. The molecule has 148 valence electrons. The Bertz CT molecular complexity index is 1010. The number of hydrogen-bond donors (Lipinski definition) is 2. The molecule has 1 fully saturated rings. The van der Waals surface area contributed by atoms with Crippen molar-refractivity contribution in [3.8, 4) is 5.75 Å². The van der Waals surface area contributed by atoms with Crippen LogP contribution in [0.3, 0.4) is 0 Å². The summed E-state index contributed by atoms with van der Waals surface area (Å²) in [5.41, 5.74) is 6.54. The molecule has 0 bridgehead atoms. The van der Waals surface area contributed by atoms with Gasteiger partial charge in [-0.15, -0.1) is 0 Å². The van der Waals surface area contributed by atoms with Crippen molar-refractivity contribution >= 4 is 46.5 Å². The lowest BCUT2D eigenvalue weighted by Gasteiger charge is -2.07. The SMILES string of the molecule is CN1C(=O)/C(=C/c2ccc(OCC(N)=O)cc2)SC1=Nc1ccc(C(=O)O)cc1. The Morgan fingerprint density at radius 1 is 1.17 bits per heavy atom. The average molecular weight is 411 g/mol. The maximum absolute atomic E-state index is 12.5. The number of benzene rings is 2. The lowest BCUT2D eigenvalue weighted by Crippen LogP contribution is -2.23. The van der Waals surface area contributed by atoms with E-state index in [4.69, 9.17) is 15.6 Å². The zero-order chi connectivity index (χ0) is 21.0. The maximum atomic E-state index is 12.5. The van der Waals surface area contributed by atoms with Crippen LogP contribution < -0.4 is 10.5 Å². The van der Waals surface area contributed by atoms with Gasteiger partial charge in [0, 0.05) is 7.05 Å². The third-order valence-electron chi connectivity index (χ3n) is 3.90. The molecule has 0 saturated carbocycles. The standard InChI is InChI=1S/C20H17N3O5S/c1-23-18(25)16(10-12-2-8-15(9-3-12)28-11-17(21)24)29-20(23)22-14-6-4-13(5-7-14)19(26)27/h2-10H,11H2,1H3,(H2,21,24)(H,26,27)/b16-10-,22-20?. The van der Waals surface area contributed by atoms with Gasteiger partial charge in [-0.25, -0.2) is 9.79 Å². The molecule has 1 heterocycles. The number of aliphatic imine (C=N–C) groups is 1. The van der Waals surface area contributed by atoms with Crippen LogP contribution in [0.1, 0.15) is 15.9 Å². The summed E-state index contributed by atoms with van der Waals surface area (Å²) in [7, 11) is 1.63. The number of ether oxygens (including phenoxy) is 1. The summed E-state index contributed by atoms with van der Waals surface area (Å²) >= 11 is 1.22. The number of nitrogens with zero attached hydrogens (tertiary/aromatic N) is 2. The summed E-state index contributed by atoms with van der Waals surface area (Å²) in [5.74, 6) is -1.26. The molecule has 2 amide bonds. The number of amidine groups is 1. The number of carboxylic acid groups (broad SMARTS) is 1. The molecule has 0 aliphatic carbocycles. The molecule has 8 nitrogen and oxygen atoms in total. The van der Waals surface area contributed by atoms with Crippen molar-refractivity contribution in [1.82, 2.24) is 4.90 Å². The van der Waals surface area contributed by atoms with E-state index in [1.807, 2.05) is 0 Å². The maximum Gasteiger partial charge on any atom is 0.335 e. The van der Waals surface area contributed by atoms with Crippen LogP contribution in [0.4, 0.5) is 5.69 Å². The van der Waals surface area contributed by atoms with E-state index >= 15 is 0 Å². The molecule has 0 radical (unpaired) electrons. The topological polar surface area (TPSA) is 122 Å². The van der Waals surface area contributed by atoms with Crippen LogP contribution in [0.2, 0.25) is 0 Å². The van der Waals surface area contributed by atoms with Crippen molar-refractivity contribution < 1.29 is 24.2 Å². The molecular formula is C20H17N3O5S. The fraction of sp³-hybridized carbons (Fsp3) is 0.100. The Labute approximate surface area is 170 Å². The van der Waals surface area contributed by atoms with Gasteiger partial charge >= 0.3 is 5.97 Å². The Morgan fingerprint density at radius 2 is 1.83 bits per heavy atom. The van der Waals surface area contributed by atoms with E-state index in [0.717, 1.165) is 5.56 Å². The van der Waals surface area contributed by atoms with Crippen molar-refractivity contribution in [1.29, 1.82) is 0 Å². The highest BCUT2D eigenvalue weighted by atomic mass is 32.2. The van der Waals surface area contributed by atoms with Gasteiger partial charge in [0.25, 0.3) is 11.8 Å². The largest absolute Gasteiger partial charge is 0.484 e. The lowest BCUT2D eigenvalue weighted by molar-refractivity contribution is -0.121. The molecule has 0 spiro atoms. The molecule has 0 atom stereocenters. The quantitative estimate of drug-likeness (QED) is 0.704. The minimum absolute atomic E-state index is 0.168. The smallest absolute Gasteiger partial charge is 0.335 e. The second kappa shape index (κ2) is 8.61. The summed E-state index contributed by atoms with van der Waals surface area (Å²) in [5, 5.41) is 9.45. The first-order valence-electron chi connectivity index (χ1n) is 8.44. The van der Waals surface area contributed by atoms with Gasteiger partial charge in [0.2, 0.25) is 0 Å². The monoisotopic (exact) mass is 411 g/mol. The number of hydrogen-bond acceptors (Lipinski definition) is 6. The van der Waals surface area contributed by atoms with Gasteiger partial charge in [0.05, 0.1) is 16.2 Å². The van der Waals surface area contributed by atoms with Crippen LogP contribution in [0, 0.1) is 0 Å². The van der Waals surface area contributed by atoms with E-state index in [2.05, 4.69) is 4.99 Å². The molecule has 1 aliphatic heterocycles. The zero-order valence-electron chi connectivity index (χ0n) is 15.4. The summed E-state index contributed by atoms with van der Waals surface area (Å²) in [6.45, 7) is -0.202. The first kappa shape index (κ1) is 20.2. The van der Waals surface area contributed by atoms with E-state index in [1.54, 1.807) is 49.5 Å². The van der Waals surface area contributed by atoms with Gasteiger partial charge in [0.1, 0.15) is 5.75 Å². The van der Waals surface area contributed by atoms with Crippen LogP contribution in [0.15, 0.2) is 58.4 Å². The highest BCUT2D eigenvalue weighted by molar-refractivity contribution is 8.18. The Kier molecular flexibility index (Phi) is 5.99. The van der Waals surface area contributed by atoms with Gasteiger partial charge in [-0.2, -0.15) is 0 Å². The van der Waals surface area contributed by atoms with Gasteiger partial charge in [-0.3, -0.25) is 14.5 Å². The number of aromatic carboxylic acids is 1. The molecule has 9 heteroatoms. The van der Waals surface area contributed by atoms with Gasteiger partial charge in [0.15, 0.2) is 11.8 Å². The second-order valence-corrected chi connectivity index (χ2v) is 7.05. The Hall–Kier alpha value is -3.59. The molecule has 3 rings (SSSR count).